The van der Waals surface area contributed by atoms with Crippen molar-refractivity contribution >= 4 is 5.91 Å². The van der Waals surface area contributed by atoms with Gasteiger partial charge in [-0.3, -0.25) is 4.79 Å². The van der Waals surface area contributed by atoms with Crippen LogP contribution in [-0.2, 0) is 9.53 Å². The average molecular weight is 487 g/mol. The summed E-state index contributed by atoms with van der Waals surface area (Å²) >= 11 is 0. The molecule has 0 aromatic heterocycles. The predicted molar refractivity (Wildman–Crippen MR) is 140 cm³/mol. The van der Waals surface area contributed by atoms with Gasteiger partial charge in [0.05, 0.1) is 17.6 Å². The van der Waals surface area contributed by atoms with E-state index in [-0.39, 0.29) is 23.2 Å². The van der Waals surface area contributed by atoms with Gasteiger partial charge < -0.3 is 15.0 Å². The molecular formula is C30H47FN2O2. The second-order valence-electron chi connectivity index (χ2n) is 12.1. The lowest BCUT2D eigenvalue weighted by atomic mass is 9.74. The first kappa shape index (κ1) is 26.6. The van der Waals surface area contributed by atoms with Gasteiger partial charge in [0.25, 0.3) is 0 Å². The highest BCUT2D eigenvalue weighted by molar-refractivity contribution is 5.83. The fraction of sp³-hybridized carbons (Fsp3) is 0.767. The minimum atomic E-state index is -0.249. The number of amides is 1. The Morgan fingerprint density at radius 1 is 1.09 bits per heavy atom. The van der Waals surface area contributed by atoms with Gasteiger partial charge in [-0.2, -0.15) is 0 Å². The number of halogens is 1. The molecular weight excluding hydrogens is 439 g/mol. The van der Waals surface area contributed by atoms with Crippen molar-refractivity contribution in [1.82, 2.24) is 10.2 Å². The van der Waals surface area contributed by atoms with Crippen LogP contribution < -0.4 is 5.32 Å². The molecule has 1 aromatic rings. The molecule has 1 aliphatic heterocycles. The fourth-order valence-corrected chi connectivity index (χ4v) is 7.03. The van der Waals surface area contributed by atoms with Gasteiger partial charge in [0, 0.05) is 12.6 Å². The van der Waals surface area contributed by atoms with Crippen LogP contribution in [0.5, 0.6) is 0 Å². The quantitative estimate of drug-likeness (QED) is 0.469. The summed E-state index contributed by atoms with van der Waals surface area (Å²) in [7, 11) is 0. The number of carbonyl (C=O) groups excluding carboxylic acids is 1. The number of carbonyl (C=O) groups is 1. The van der Waals surface area contributed by atoms with E-state index in [0.29, 0.717) is 29.9 Å². The standard InChI is InChI=1S/C30H47FN2O2/c1-21(2)30(29(34)32-20-23-6-5-7-28(18-23)35-22(3)4)15-12-27(19-30)33-16-13-25(14-17-33)24-8-10-26(31)11-9-24/h8-11,21-23,25,27-28H,5-7,12-20H2,1-4H3,(H,32,34). The molecule has 4 atom stereocenters. The molecule has 2 aliphatic carbocycles. The molecule has 3 aliphatic rings. The van der Waals surface area contributed by atoms with Crippen LogP contribution in [0.25, 0.3) is 0 Å². The Hall–Kier alpha value is -1.46. The molecule has 5 heteroatoms. The Balaban J connectivity index is 1.29. The highest BCUT2D eigenvalue weighted by Crippen LogP contribution is 2.47. The number of hydrogen-bond donors (Lipinski definition) is 1. The Labute approximate surface area is 212 Å². The summed E-state index contributed by atoms with van der Waals surface area (Å²) in [5.74, 6) is 1.51. The molecule has 0 bridgehead atoms. The van der Waals surface area contributed by atoms with Gasteiger partial charge >= 0.3 is 0 Å². The monoisotopic (exact) mass is 486 g/mol. The maximum atomic E-state index is 13.6. The van der Waals surface area contributed by atoms with Crippen molar-refractivity contribution in [3.63, 3.8) is 0 Å². The van der Waals surface area contributed by atoms with Crippen LogP contribution >= 0.6 is 0 Å². The van der Waals surface area contributed by atoms with Crippen molar-refractivity contribution in [2.75, 3.05) is 19.6 Å². The number of likely N-dealkylation sites (tertiary alicyclic amines) is 1. The minimum Gasteiger partial charge on any atom is -0.376 e. The summed E-state index contributed by atoms with van der Waals surface area (Å²) in [6.45, 7) is 11.6. The predicted octanol–water partition coefficient (Wildman–Crippen LogP) is 6.30. The topological polar surface area (TPSA) is 41.6 Å². The van der Waals surface area contributed by atoms with Gasteiger partial charge in [-0.1, -0.05) is 32.4 Å². The number of rotatable bonds is 8. The van der Waals surface area contributed by atoms with Gasteiger partial charge in [-0.15, -0.1) is 0 Å². The van der Waals surface area contributed by atoms with Crippen LogP contribution in [0.15, 0.2) is 24.3 Å². The van der Waals surface area contributed by atoms with E-state index in [1.807, 2.05) is 12.1 Å². The summed E-state index contributed by atoms with van der Waals surface area (Å²) in [5, 5.41) is 3.40. The summed E-state index contributed by atoms with van der Waals surface area (Å²) in [6, 6.07) is 7.56. The Morgan fingerprint density at radius 3 is 2.46 bits per heavy atom. The normalized spacial score (nSPS) is 30.8. The van der Waals surface area contributed by atoms with E-state index in [1.54, 1.807) is 12.1 Å². The Morgan fingerprint density at radius 2 is 1.80 bits per heavy atom. The third-order valence-corrected chi connectivity index (χ3v) is 9.22. The number of nitrogens with one attached hydrogen (secondary N) is 1. The van der Waals surface area contributed by atoms with E-state index in [2.05, 4.69) is 37.9 Å². The lowest BCUT2D eigenvalue weighted by molar-refractivity contribution is -0.134. The van der Waals surface area contributed by atoms with E-state index in [4.69, 9.17) is 4.74 Å². The van der Waals surface area contributed by atoms with E-state index in [1.165, 1.54) is 18.4 Å². The van der Waals surface area contributed by atoms with E-state index in [9.17, 15) is 9.18 Å². The van der Waals surface area contributed by atoms with Gasteiger partial charge in [-0.05, 0) is 114 Å². The smallest absolute Gasteiger partial charge is 0.226 e. The molecule has 0 radical (unpaired) electrons. The molecule has 2 saturated carbocycles. The van der Waals surface area contributed by atoms with Crippen LogP contribution in [0.4, 0.5) is 4.39 Å². The molecule has 3 fully saturated rings. The first-order valence-corrected chi connectivity index (χ1v) is 14.2. The number of hydrogen-bond acceptors (Lipinski definition) is 3. The van der Waals surface area contributed by atoms with Crippen molar-refractivity contribution in [2.45, 2.75) is 110 Å². The molecule has 4 rings (SSSR count). The second-order valence-corrected chi connectivity index (χ2v) is 12.1. The fourth-order valence-electron chi connectivity index (χ4n) is 7.03. The van der Waals surface area contributed by atoms with E-state index < -0.39 is 0 Å². The van der Waals surface area contributed by atoms with Crippen LogP contribution in [0.1, 0.15) is 97.0 Å². The maximum absolute atomic E-state index is 13.6. The number of ether oxygens (including phenoxy) is 1. The number of benzene rings is 1. The average Bonchev–Trinajstić information content (AvgIpc) is 3.30. The second kappa shape index (κ2) is 11.7. The van der Waals surface area contributed by atoms with Crippen LogP contribution in [0.2, 0.25) is 0 Å². The molecule has 1 heterocycles. The van der Waals surface area contributed by atoms with Crippen LogP contribution in [0, 0.1) is 23.1 Å². The van der Waals surface area contributed by atoms with E-state index in [0.717, 1.165) is 64.6 Å². The van der Waals surface area contributed by atoms with Crippen LogP contribution in [-0.4, -0.2) is 48.7 Å². The summed E-state index contributed by atoms with van der Waals surface area (Å²) < 4.78 is 19.4. The van der Waals surface area contributed by atoms with Gasteiger partial charge in [0.2, 0.25) is 5.91 Å². The first-order chi connectivity index (χ1) is 16.8. The first-order valence-electron chi connectivity index (χ1n) is 14.2. The zero-order chi connectivity index (χ0) is 25.0. The molecule has 1 amide bonds. The van der Waals surface area contributed by atoms with Gasteiger partial charge in [-0.25, -0.2) is 4.39 Å². The molecule has 0 spiro atoms. The molecule has 4 nitrogen and oxygen atoms in total. The van der Waals surface area contributed by atoms with Crippen molar-refractivity contribution < 1.29 is 13.9 Å². The summed E-state index contributed by atoms with van der Waals surface area (Å²) in [4.78, 5) is 16.2. The van der Waals surface area contributed by atoms with Gasteiger partial charge in [0.1, 0.15) is 5.82 Å². The van der Waals surface area contributed by atoms with Crippen molar-refractivity contribution in [1.29, 1.82) is 0 Å². The lowest BCUT2D eigenvalue weighted by Crippen LogP contribution is -2.47. The van der Waals surface area contributed by atoms with E-state index >= 15 is 0 Å². The molecule has 196 valence electrons. The summed E-state index contributed by atoms with van der Waals surface area (Å²) in [5.41, 5.74) is 1.01. The SMILES string of the molecule is CC(C)OC1CCCC(CNC(=O)C2(C(C)C)CCC(N3CCC(c4ccc(F)cc4)CC3)C2)C1. The molecule has 1 aromatic carbocycles. The third kappa shape index (κ3) is 6.46. The maximum Gasteiger partial charge on any atom is 0.226 e. The molecule has 35 heavy (non-hydrogen) atoms. The van der Waals surface area contributed by atoms with Gasteiger partial charge in [0.15, 0.2) is 0 Å². The Kier molecular flexibility index (Phi) is 8.91. The molecule has 1 saturated heterocycles. The number of nitrogens with zero attached hydrogens (tertiary/aromatic N) is 1. The van der Waals surface area contributed by atoms with Crippen molar-refractivity contribution in [3.8, 4) is 0 Å². The van der Waals surface area contributed by atoms with Crippen molar-refractivity contribution in [3.05, 3.63) is 35.6 Å². The highest BCUT2D eigenvalue weighted by atomic mass is 19.1. The Bertz CT molecular complexity index is 818. The molecule has 1 N–H and O–H groups in total. The summed E-state index contributed by atoms with van der Waals surface area (Å²) in [6.07, 6.45) is 10.5. The lowest BCUT2D eigenvalue weighted by Gasteiger charge is -2.38. The zero-order valence-corrected chi connectivity index (χ0v) is 22.4. The minimum absolute atomic E-state index is 0.160. The number of piperidine rings is 1. The largest absolute Gasteiger partial charge is 0.376 e. The zero-order valence-electron chi connectivity index (χ0n) is 22.4. The highest BCUT2D eigenvalue weighted by Gasteiger charge is 2.49. The van der Waals surface area contributed by atoms with Crippen molar-refractivity contribution in [2.24, 2.45) is 17.3 Å². The molecule has 4 unspecified atom stereocenters. The van der Waals surface area contributed by atoms with Crippen LogP contribution in [0.3, 0.4) is 0 Å². The third-order valence-electron chi connectivity index (χ3n) is 9.22.